The quantitative estimate of drug-likeness (QED) is 0.769. The highest BCUT2D eigenvalue weighted by molar-refractivity contribution is 5.60. The molecular formula is C13H21N3O. The summed E-state index contributed by atoms with van der Waals surface area (Å²) in [5.74, 6) is 0.750. The molecule has 0 unspecified atom stereocenters. The zero-order chi connectivity index (χ0) is 11.9. The summed E-state index contributed by atoms with van der Waals surface area (Å²) in [5.41, 5.74) is 6.47. The first-order valence-electron chi connectivity index (χ1n) is 6.42. The van der Waals surface area contributed by atoms with Crippen molar-refractivity contribution in [2.24, 2.45) is 0 Å². The summed E-state index contributed by atoms with van der Waals surface area (Å²) >= 11 is 0. The Hall–Kier alpha value is -1.29. The molecule has 0 bridgehead atoms. The predicted molar refractivity (Wildman–Crippen MR) is 70.0 cm³/mol. The van der Waals surface area contributed by atoms with Gasteiger partial charge in [-0.1, -0.05) is 19.3 Å². The molecule has 1 fully saturated rings. The van der Waals surface area contributed by atoms with Crippen LogP contribution in [0.25, 0.3) is 0 Å². The Morgan fingerprint density at radius 1 is 1.35 bits per heavy atom. The summed E-state index contributed by atoms with van der Waals surface area (Å²) < 4.78 is 5.81. The number of pyridine rings is 1. The van der Waals surface area contributed by atoms with Crippen molar-refractivity contribution in [1.29, 1.82) is 0 Å². The van der Waals surface area contributed by atoms with Crippen LogP contribution in [0, 0.1) is 0 Å². The number of nitrogens with two attached hydrogens (primary N) is 1. The van der Waals surface area contributed by atoms with Crippen molar-refractivity contribution in [3.63, 3.8) is 0 Å². The molecule has 0 saturated heterocycles. The van der Waals surface area contributed by atoms with E-state index < -0.39 is 0 Å². The van der Waals surface area contributed by atoms with E-state index >= 15 is 0 Å². The Kier molecular flexibility index (Phi) is 4.62. The van der Waals surface area contributed by atoms with Gasteiger partial charge in [0.1, 0.15) is 5.82 Å². The number of rotatable bonds is 5. The van der Waals surface area contributed by atoms with Gasteiger partial charge in [0, 0.05) is 12.7 Å². The van der Waals surface area contributed by atoms with Crippen LogP contribution in [0.15, 0.2) is 18.3 Å². The Morgan fingerprint density at radius 2 is 2.18 bits per heavy atom. The summed E-state index contributed by atoms with van der Waals surface area (Å²) in [6.07, 6.45) is 8.61. The molecular weight excluding hydrogens is 214 g/mol. The van der Waals surface area contributed by atoms with Gasteiger partial charge in [-0.3, -0.25) is 0 Å². The van der Waals surface area contributed by atoms with E-state index in [9.17, 15) is 0 Å². The molecule has 0 aliphatic heterocycles. The predicted octanol–water partition coefficient (Wildman–Crippen LogP) is 2.43. The summed E-state index contributed by atoms with van der Waals surface area (Å²) in [6, 6.07) is 3.68. The lowest BCUT2D eigenvalue weighted by molar-refractivity contribution is 0.0347. The third kappa shape index (κ3) is 3.89. The van der Waals surface area contributed by atoms with Crippen molar-refractivity contribution in [2.75, 3.05) is 24.2 Å². The highest BCUT2D eigenvalue weighted by Crippen LogP contribution is 2.20. The number of nitrogens with one attached hydrogen (secondary N) is 1. The highest BCUT2D eigenvalue weighted by Gasteiger charge is 2.12. The summed E-state index contributed by atoms with van der Waals surface area (Å²) in [4.78, 5) is 4.17. The summed E-state index contributed by atoms with van der Waals surface area (Å²) in [5, 5.41) is 3.19. The van der Waals surface area contributed by atoms with Gasteiger partial charge in [0.15, 0.2) is 0 Å². The van der Waals surface area contributed by atoms with E-state index in [1.54, 1.807) is 6.20 Å². The molecule has 4 heteroatoms. The van der Waals surface area contributed by atoms with E-state index in [2.05, 4.69) is 10.3 Å². The van der Waals surface area contributed by atoms with Crippen LogP contribution < -0.4 is 11.1 Å². The van der Waals surface area contributed by atoms with Gasteiger partial charge >= 0.3 is 0 Å². The van der Waals surface area contributed by atoms with Gasteiger partial charge in [-0.05, 0) is 25.0 Å². The molecule has 0 aromatic carbocycles. The number of ether oxygens (including phenoxy) is 1. The highest BCUT2D eigenvalue weighted by atomic mass is 16.5. The second kappa shape index (κ2) is 6.45. The lowest BCUT2D eigenvalue weighted by Gasteiger charge is -2.22. The van der Waals surface area contributed by atoms with E-state index in [-0.39, 0.29) is 0 Å². The number of hydrogen-bond acceptors (Lipinski definition) is 4. The van der Waals surface area contributed by atoms with Crippen molar-refractivity contribution < 1.29 is 4.74 Å². The molecule has 1 aromatic rings. The molecule has 4 nitrogen and oxygen atoms in total. The van der Waals surface area contributed by atoms with Crippen molar-refractivity contribution in [3.8, 4) is 0 Å². The first kappa shape index (κ1) is 12.2. The molecule has 1 aliphatic rings. The van der Waals surface area contributed by atoms with E-state index in [1.165, 1.54) is 32.1 Å². The van der Waals surface area contributed by atoms with Crippen LogP contribution >= 0.6 is 0 Å². The van der Waals surface area contributed by atoms with Gasteiger partial charge in [0.05, 0.1) is 18.4 Å². The number of anilines is 2. The van der Waals surface area contributed by atoms with Crippen molar-refractivity contribution in [2.45, 2.75) is 38.2 Å². The van der Waals surface area contributed by atoms with E-state index in [0.717, 1.165) is 19.0 Å². The maximum absolute atomic E-state index is 5.81. The fourth-order valence-corrected chi connectivity index (χ4v) is 2.19. The standard InChI is InChI=1S/C13H21N3O/c14-12-7-4-8-15-13(12)16-9-10-17-11-5-2-1-3-6-11/h4,7-8,11H,1-3,5-6,9-10,14H2,(H,15,16). The maximum atomic E-state index is 5.81. The average Bonchev–Trinajstić information content (AvgIpc) is 2.38. The van der Waals surface area contributed by atoms with E-state index in [0.29, 0.717) is 11.8 Å². The lowest BCUT2D eigenvalue weighted by atomic mass is 9.98. The van der Waals surface area contributed by atoms with Crippen LogP contribution in [0.5, 0.6) is 0 Å². The minimum absolute atomic E-state index is 0.464. The number of hydrogen-bond donors (Lipinski definition) is 2. The van der Waals surface area contributed by atoms with Crippen LogP contribution in [0.2, 0.25) is 0 Å². The molecule has 0 amide bonds. The largest absolute Gasteiger partial charge is 0.396 e. The van der Waals surface area contributed by atoms with Gasteiger partial charge in [-0.25, -0.2) is 4.98 Å². The summed E-state index contributed by atoms with van der Waals surface area (Å²) in [6.45, 7) is 1.48. The zero-order valence-electron chi connectivity index (χ0n) is 10.2. The Bertz CT molecular complexity index is 337. The summed E-state index contributed by atoms with van der Waals surface area (Å²) in [7, 11) is 0. The minimum Gasteiger partial charge on any atom is -0.396 e. The van der Waals surface area contributed by atoms with Gasteiger partial charge in [0.2, 0.25) is 0 Å². The van der Waals surface area contributed by atoms with E-state index in [1.807, 2.05) is 12.1 Å². The van der Waals surface area contributed by atoms with Crippen LogP contribution in [-0.2, 0) is 4.74 Å². The zero-order valence-corrected chi connectivity index (χ0v) is 10.2. The molecule has 2 rings (SSSR count). The molecule has 1 aliphatic carbocycles. The van der Waals surface area contributed by atoms with Crippen molar-refractivity contribution in [1.82, 2.24) is 4.98 Å². The molecule has 94 valence electrons. The van der Waals surface area contributed by atoms with Crippen LogP contribution in [-0.4, -0.2) is 24.2 Å². The second-order valence-corrected chi connectivity index (χ2v) is 4.50. The fraction of sp³-hybridized carbons (Fsp3) is 0.615. The maximum Gasteiger partial charge on any atom is 0.149 e. The Labute approximate surface area is 103 Å². The first-order chi connectivity index (χ1) is 8.36. The smallest absolute Gasteiger partial charge is 0.149 e. The van der Waals surface area contributed by atoms with Crippen molar-refractivity contribution in [3.05, 3.63) is 18.3 Å². The SMILES string of the molecule is Nc1cccnc1NCCOC1CCCCC1. The molecule has 0 atom stereocenters. The minimum atomic E-state index is 0.464. The van der Waals surface area contributed by atoms with Gasteiger partial charge in [-0.15, -0.1) is 0 Å². The first-order valence-corrected chi connectivity index (χ1v) is 6.42. The number of nitrogen functional groups attached to an aromatic ring is 1. The molecule has 1 heterocycles. The molecule has 1 saturated carbocycles. The van der Waals surface area contributed by atoms with Crippen molar-refractivity contribution >= 4 is 11.5 Å². The molecule has 0 radical (unpaired) electrons. The normalized spacial score (nSPS) is 16.9. The third-order valence-electron chi connectivity index (χ3n) is 3.14. The third-order valence-corrected chi connectivity index (χ3v) is 3.14. The van der Waals surface area contributed by atoms with E-state index in [4.69, 9.17) is 10.5 Å². The van der Waals surface area contributed by atoms with Crippen LogP contribution in [0.4, 0.5) is 11.5 Å². The molecule has 3 N–H and O–H groups in total. The topological polar surface area (TPSA) is 60.2 Å². The molecule has 1 aromatic heterocycles. The molecule has 17 heavy (non-hydrogen) atoms. The van der Waals surface area contributed by atoms with Gasteiger partial charge in [0.25, 0.3) is 0 Å². The second-order valence-electron chi connectivity index (χ2n) is 4.50. The fourth-order valence-electron chi connectivity index (χ4n) is 2.19. The number of aromatic nitrogens is 1. The Morgan fingerprint density at radius 3 is 2.94 bits per heavy atom. The molecule has 0 spiro atoms. The van der Waals surface area contributed by atoms with Crippen LogP contribution in [0.1, 0.15) is 32.1 Å². The number of nitrogens with zero attached hydrogens (tertiary/aromatic N) is 1. The Balaban J connectivity index is 1.64. The lowest BCUT2D eigenvalue weighted by Crippen LogP contribution is -2.20. The van der Waals surface area contributed by atoms with Gasteiger partial charge in [-0.2, -0.15) is 0 Å². The monoisotopic (exact) mass is 235 g/mol. The average molecular weight is 235 g/mol. The van der Waals surface area contributed by atoms with Gasteiger partial charge < -0.3 is 15.8 Å². The van der Waals surface area contributed by atoms with Crippen LogP contribution in [0.3, 0.4) is 0 Å².